The summed E-state index contributed by atoms with van der Waals surface area (Å²) in [6.45, 7) is 0.211. The van der Waals surface area contributed by atoms with Gasteiger partial charge >= 0.3 is 0 Å². The summed E-state index contributed by atoms with van der Waals surface area (Å²) >= 11 is 0. The summed E-state index contributed by atoms with van der Waals surface area (Å²) in [7, 11) is 0. The number of H-pyrrole nitrogens is 1. The van der Waals surface area contributed by atoms with Crippen LogP contribution in [0, 0.1) is 22.9 Å². The summed E-state index contributed by atoms with van der Waals surface area (Å²) in [5.74, 6) is -1.31. The van der Waals surface area contributed by atoms with Crippen LogP contribution in [-0.2, 0) is 13.1 Å². The topological polar surface area (TPSA) is 209 Å². The zero-order valence-electron chi connectivity index (χ0n) is 23.9. The number of nitrogen functional groups attached to an aromatic ring is 1. The molecular weight excluding hydrogens is 621 g/mol. The Morgan fingerprint density at radius 1 is 0.787 bits per heavy atom. The van der Waals surface area contributed by atoms with Gasteiger partial charge in [0.15, 0.2) is 34.7 Å². The number of nitrogens with zero attached hydrogens (tertiary/aromatic N) is 9. The summed E-state index contributed by atoms with van der Waals surface area (Å²) in [5.41, 5.74) is 6.09. The van der Waals surface area contributed by atoms with Crippen molar-refractivity contribution in [3.63, 3.8) is 0 Å². The molecule has 0 spiro atoms. The Morgan fingerprint density at radius 2 is 1.34 bits per heavy atom. The van der Waals surface area contributed by atoms with Gasteiger partial charge in [0.05, 0.1) is 19.3 Å². The number of hydrogen-bond donors (Lipinski definition) is 3. The number of aromatic nitrogens is 10. The Morgan fingerprint density at radius 3 is 1.85 bits per heavy atom. The van der Waals surface area contributed by atoms with Crippen molar-refractivity contribution in [2.24, 2.45) is 5.73 Å². The summed E-state index contributed by atoms with van der Waals surface area (Å²) in [6.07, 6.45) is 3.53. The number of rotatable bonds is 8. The van der Waals surface area contributed by atoms with Crippen molar-refractivity contribution in [3.05, 3.63) is 124 Å². The van der Waals surface area contributed by atoms with E-state index in [1.807, 2.05) is 0 Å². The average Bonchev–Trinajstić information content (AvgIpc) is 3.88. The summed E-state index contributed by atoms with van der Waals surface area (Å²) < 4.78 is 53.3. The number of nitrogens with two attached hydrogens (primary N) is 1. The molecule has 0 saturated heterocycles. The van der Waals surface area contributed by atoms with E-state index in [4.69, 9.17) is 20.2 Å². The van der Waals surface area contributed by atoms with Crippen LogP contribution in [0.1, 0.15) is 17.0 Å². The van der Waals surface area contributed by atoms with E-state index in [-0.39, 0.29) is 48.0 Å². The van der Waals surface area contributed by atoms with Gasteiger partial charge in [-0.3, -0.25) is 10.2 Å². The van der Waals surface area contributed by atoms with Gasteiger partial charge in [0, 0.05) is 23.3 Å². The predicted molar refractivity (Wildman–Crippen MR) is 157 cm³/mol. The molecule has 0 aliphatic rings. The second-order valence-corrected chi connectivity index (χ2v) is 9.61. The molecule has 0 fully saturated rings. The van der Waals surface area contributed by atoms with E-state index < -0.39 is 17.2 Å². The molecule has 5 heterocycles. The van der Waals surface area contributed by atoms with Gasteiger partial charge in [-0.1, -0.05) is 46.7 Å². The highest BCUT2D eigenvalue weighted by molar-refractivity contribution is 5.91. The van der Waals surface area contributed by atoms with E-state index >= 15 is 0 Å². The number of halogens is 3. The van der Waals surface area contributed by atoms with Crippen LogP contribution in [0.4, 0.5) is 13.2 Å². The van der Waals surface area contributed by atoms with Crippen molar-refractivity contribution in [1.29, 1.82) is 5.41 Å². The Bertz CT molecular complexity index is 2210. The third kappa shape index (κ3) is 6.70. The minimum Gasteiger partial charge on any atom is -0.381 e. The molecule has 0 aliphatic heterocycles. The molecular formula is C29H21F3N12O3. The Labute approximate surface area is 261 Å². The summed E-state index contributed by atoms with van der Waals surface area (Å²) in [6, 6.07) is 15.8. The minimum absolute atomic E-state index is 0.0200. The van der Waals surface area contributed by atoms with Gasteiger partial charge in [-0.2, -0.15) is 4.39 Å². The van der Waals surface area contributed by atoms with E-state index in [1.54, 1.807) is 48.5 Å². The maximum atomic E-state index is 14.0. The molecule has 0 bridgehead atoms. The first-order chi connectivity index (χ1) is 22.8. The van der Waals surface area contributed by atoms with Crippen LogP contribution in [0.25, 0.3) is 34.7 Å². The lowest BCUT2D eigenvalue weighted by Crippen LogP contribution is -2.14. The van der Waals surface area contributed by atoms with E-state index in [0.29, 0.717) is 28.3 Å². The van der Waals surface area contributed by atoms with Gasteiger partial charge in [-0.25, -0.2) is 33.1 Å². The van der Waals surface area contributed by atoms with Gasteiger partial charge in [-0.05, 0) is 12.1 Å². The number of hydrogen-bond acceptors (Lipinski definition) is 11. The van der Waals surface area contributed by atoms with Gasteiger partial charge in [0.1, 0.15) is 24.2 Å². The second kappa shape index (κ2) is 13.1. The second-order valence-electron chi connectivity index (χ2n) is 9.61. The Hall–Kier alpha value is -6.72. The number of nitrogens with one attached hydrogen (secondary N) is 2. The third-order valence-electron chi connectivity index (χ3n) is 6.44. The van der Waals surface area contributed by atoms with Crippen molar-refractivity contribution < 1.29 is 22.2 Å². The fourth-order valence-corrected chi connectivity index (χ4v) is 4.22. The minimum atomic E-state index is -1.02. The smallest absolute Gasteiger partial charge is 0.287 e. The maximum absolute atomic E-state index is 14.0. The van der Waals surface area contributed by atoms with Gasteiger partial charge in [-0.15, -0.1) is 10.2 Å². The monoisotopic (exact) mass is 642 g/mol. The molecule has 0 aliphatic carbocycles. The molecule has 0 atom stereocenters. The Kier molecular flexibility index (Phi) is 8.45. The first-order valence-corrected chi connectivity index (χ1v) is 13.5. The largest absolute Gasteiger partial charge is 0.381 e. The lowest BCUT2D eigenvalue weighted by molar-refractivity contribution is 0.421. The molecule has 4 N–H and O–H groups in total. The molecule has 0 saturated carbocycles. The number of amidine groups is 1. The van der Waals surface area contributed by atoms with E-state index in [9.17, 15) is 18.0 Å². The van der Waals surface area contributed by atoms with E-state index in [1.165, 1.54) is 34.0 Å². The SMILES string of the molecule is N=C(N)c1nc(-c2ccon2)n(Cc2ccccc2F)n1.O=c1[nH]c(-c2nc(-c3ccon3)n(Cc3ccccc3F)n2)ncc1F. The normalized spacial score (nSPS) is 10.9. The molecule has 7 rings (SSSR count). The summed E-state index contributed by atoms with van der Waals surface area (Å²) in [5, 5.41) is 23.4. The average molecular weight is 643 g/mol. The molecule has 0 radical (unpaired) electrons. The highest BCUT2D eigenvalue weighted by Gasteiger charge is 2.19. The molecule has 0 amide bonds. The van der Waals surface area contributed by atoms with Crippen molar-refractivity contribution >= 4 is 5.84 Å². The summed E-state index contributed by atoms with van der Waals surface area (Å²) in [4.78, 5) is 25.9. The first-order valence-electron chi connectivity index (χ1n) is 13.5. The molecule has 7 aromatic rings. The van der Waals surface area contributed by atoms with Gasteiger partial charge in [0.25, 0.3) is 5.56 Å². The molecule has 5 aromatic heterocycles. The van der Waals surface area contributed by atoms with Crippen LogP contribution in [0.3, 0.4) is 0 Å². The van der Waals surface area contributed by atoms with Crippen LogP contribution in [0.2, 0.25) is 0 Å². The lowest BCUT2D eigenvalue weighted by atomic mass is 10.2. The zero-order chi connectivity index (χ0) is 32.9. The molecule has 15 nitrogen and oxygen atoms in total. The fraction of sp³-hybridized carbons (Fsp3) is 0.0690. The lowest BCUT2D eigenvalue weighted by Gasteiger charge is -2.05. The molecule has 2 aromatic carbocycles. The zero-order valence-corrected chi connectivity index (χ0v) is 23.9. The van der Waals surface area contributed by atoms with Crippen molar-refractivity contribution in [1.82, 2.24) is 49.8 Å². The van der Waals surface area contributed by atoms with Crippen molar-refractivity contribution in [3.8, 4) is 34.7 Å². The molecule has 236 valence electrons. The van der Waals surface area contributed by atoms with Gasteiger partial charge in [0.2, 0.25) is 17.5 Å². The number of aromatic amines is 1. The van der Waals surface area contributed by atoms with E-state index in [2.05, 4.69) is 40.4 Å². The standard InChI is InChI=1S/C16H10F2N6O2.C13H11FN6O/c17-10-4-2-1-3-9(10)8-24-15(12-5-6-26-23-12)20-14(22-24)13-19-7-11(18)16(25)21-13;14-9-4-2-1-3-8(9)7-20-13(10-5-6-21-19-10)17-12(18-20)11(15)16/h1-7H,8H2,(H,19,21,25);1-6H,7H2,(H3,15,16). The van der Waals surface area contributed by atoms with Crippen molar-refractivity contribution in [2.45, 2.75) is 13.1 Å². The third-order valence-corrected chi connectivity index (χ3v) is 6.44. The van der Waals surface area contributed by atoms with Crippen LogP contribution in [-0.4, -0.2) is 55.6 Å². The van der Waals surface area contributed by atoms with Crippen LogP contribution < -0.4 is 11.3 Å². The van der Waals surface area contributed by atoms with Crippen LogP contribution in [0.5, 0.6) is 0 Å². The van der Waals surface area contributed by atoms with Crippen LogP contribution >= 0.6 is 0 Å². The Balaban J connectivity index is 0.000000168. The quantitative estimate of drug-likeness (QED) is 0.162. The predicted octanol–water partition coefficient (Wildman–Crippen LogP) is 3.41. The van der Waals surface area contributed by atoms with E-state index in [0.717, 1.165) is 6.20 Å². The number of benzene rings is 2. The molecule has 0 unspecified atom stereocenters. The van der Waals surface area contributed by atoms with Crippen LogP contribution in [0.15, 0.2) is 93.2 Å². The fourth-order valence-electron chi connectivity index (χ4n) is 4.22. The first kappa shape index (κ1) is 30.3. The van der Waals surface area contributed by atoms with Crippen molar-refractivity contribution in [2.75, 3.05) is 0 Å². The van der Waals surface area contributed by atoms with Gasteiger partial charge < -0.3 is 19.8 Å². The molecule has 47 heavy (non-hydrogen) atoms. The highest BCUT2D eigenvalue weighted by atomic mass is 19.1. The maximum Gasteiger partial charge on any atom is 0.287 e. The highest BCUT2D eigenvalue weighted by Crippen LogP contribution is 2.21. The molecule has 18 heteroatoms.